The first-order valence-corrected chi connectivity index (χ1v) is 21.5. The zero-order valence-electron chi connectivity index (χ0n) is 33.0. The molecule has 0 aromatic carbocycles. The average Bonchev–Trinajstić information content (AvgIpc) is 3.48. The van der Waals surface area contributed by atoms with Crippen LogP contribution in [-0.2, 0) is 23.8 Å². The van der Waals surface area contributed by atoms with E-state index in [4.69, 9.17) is 25.7 Å². The molecular weight excluding hydrogens is 684 g/mol. The van der Waals surface area contributed by atoms with Crippen molar-refractivity contribution in [3.05, 3.63) is 34.4 Å². The highest BCUT2D eigenvalue weighted by Gasteiger charge is 2.66. The summed E-state index contributed by atoms with van der Waals surface area (Å²) in [6, 6.07) is 0. The molecular formula is C43H67N4O7+. The number of hydrogen-bond donors (Lipinski definition) is 6. The number of quaternary nitrogens is 1. The standard InChI is InChI=1S/C43H66N4O7/c1-5-7-8-9-26-30-19-47-33(44)16-24(30)14-22-10-11-27-34(22)37(26)43(4)32(53-42(51)21(3)6-2)18-28-38(50)36-31(49)17-25(20-48)52-40(36)29(39(28)54-43)15-23-12-13-46-41(45)35(23)27/h6,11,23-26,28-30,32-33,35-41,46-48,50H,5,7-10,12-20,44-45H2,1-4H3/p+1. The summed E-state index contributed by atoms with van der Waals surface area (Å²) in [6.07, 6.45) is 10.2. The summed E-state index contributed by atoms with van der Waals surface area (Å²) in [4.78, 5) is 27.8. The molecule has 8 rings (SSSR count). The van der Waals surface area contributed by atoms with Crippen molar-refractivity contribution in [2.45, 2.75) is 147 Å². The van der Waals surface area contributed by atoms with Gasteiger partial charge in [-0.15, -0.1) is 0 Å². The first kappa shape index (κ1) is 38.9. The van der Waals surface area contributed by atoms with E-state index in [0.29, 0.717) is 23.8 Å². The number of nitrogens with one attached hydrogen (secondary N) is 1. The van der Waals surface area contributed by atoms with E-state index < -0.39 is 48.0 Å². The van der Waals surface area contributed by atoms with E-state index in [1.807, 2.05) is 6.92 Å². The number of rotatable bonds is 7. The molecule has 9 N–H and O–H groups in total. The number of aliphatic hydroxyl groups is 2. The van der Waals surface area contributed by atoms with Crippen LogP contribution in [0.15, 0.2) is 34.4 Å². The largest absolute Gasteiger partial charge is 0.456 e. The lowest BCUT2D eigenvalue weighted by Crippen LogP contribution is -2.96. The Kier molecular flexibility index (Phi) is 11.1. The number of allylic oxidation sites excluding steroid dienone is 3. The summed E-state index contributed by atoms with van der Waals surface area (Å²) < 4.78 is 21.1. The van der Waals surface area contributed by atoms with Crippen LogP contribution in [-0.4, -0.2) is 90.1 Å². The maximum atomic E-state index is 13.9. The number of ketones is 1. The van der Waals surface area contributed by atoms with E-state index in [9.17, 15) is 19.8 Å². The van der Waals surface area contributed by atoms with Gasteiger partial charge in [0.1, 0.15) is 23.7 Å². The van der Waals surface area contributed by atoms with Crippen LogP contribution < -0.4 is 22.1 Å². The van der Waals surface area contributed by atoms with Gasteiger partial charge in [-0.1, -0.05) is 43.9 Å². The number of Topliss-reactive ketones (excluding diaryl/α,β-unsaturated/α-hetero) is 1. The van der Waals surface area contributed by atoms with E-state index in [1.165, 1.54) is 16.7 Å². The lowest BCUT2D eigenvalue weighted by molar-refractivity contribution is -0.707. The smallest absolute Gasteiger partial charge is 0.333 e. The molecule has 0 spiro atoms. The minimum Gasteiger partial charge on any atom is -0.456 e. The number of piperidine rings is 2. The molecule has 5 heterocycles. The van der Waals surface area contributed by atoms with E-state index in [1.54, 1.807) is 13.0 Å². The minimum absolute atomic E-state index is 0.0457. The number of carbonyl (C=O) groups excluding carboxylic acids is 2. The number of unbranched alkanes of at least 4 members (excludes halogenated alkanes) is 2. The first-order valence-electron chi connectivity index (χ1n) is 21.5. The van der Waals surface area contributed by atoms with Crippen LogP contribution in [0, 0.1) is 53.3 Å². The number of aliphatic hydroxyl groups excluding tert-OH is 2. The van der Waals surface area contributed by atoms with Crippen LogP contribution >= 0.6 is 0 Å². The fourth-order valence-corrected chi connectivity index (χ4v) is 13.1. The molecule has 0 amide bonds. The number of ether oxygens (including phenoxy) is 3. The Morgan fingerprint density at radius 2 is 1.93 bits per heavy atom. The predicted molar refractivity (Wildman–Crippen MR) is 203 cm³/mol. The maximum absolute atomic E-state index is 13.9. The summed E-state index contributed by atoms with van der Waals surface area (Å²) in [5.74, 6) is -0.517. The Hall–Kier alpha value is -1.96. The molecule has 2 bridgehead atoms. The first-order chi connectivity index (χ1) is 26.0. The van der Waals surface area contributed by atoms with Crippen LogP contribution in [0.5, 0.6) is 0 Å². The Morgan fingerprint density at radius 1 is 1.11 bits per heavy atom. The predicted octanol–water partition coefficient (Wildman–Crippen LogP) is 2.60. The van der Waals surface area contributed by atoms with Crippen LogP contribution in [0.4, 0.5) is 0 Å². The van der Waals surface area contributed by atoms with Crippen molar-refractivity contribution < 1.29 is 39.3 Å². The second kappa shape index (κ2) is 15.4. The Labute approximate surface area is 321 Å². The van der Waals surface area contributed by atoms with Crippen molar-refractivity contribution >= 4 is 11.8 Å². The SMILES string of the molecule is CC=C(C)C(=O)OC1CC2C(O)C3C(=O)CC(CO)OC3C3CC4CCNC(N)C4C4=CCC5=C4C(C(CCCCC)C4C[NH2+]C(N)CC4C5)C1(C)OC23. The van der Waals surface area contributed by atoms with E-state index in [2.05, 4.69) is 30.6 Å². The van der Waals surface area contributed by atoms with Crippen molar-refractivity contribution in [2.75, 3.05) is 19.7 Å². The van der Waals surface area contributed by atoms with Gasteiger partial charge in [0.05, 0.1) is 49.7 Å². The normalized spacial score (nSPS) is 47.4. The van der Waals surface area contributed by atoms with Crippen LogP contribution in [0.3, 0.4) is 0 Å². The zero-order chi connectivity index (χ0) is 38.1. The molecule has 6 fully saturated rings. The molecule has 17 unspecified atom stereocenters. The second-order valence-electron chi connectivity index (χ2n) is 18.6. The second-order valence-corrected chi connectivity index (χ2v) is 18.6. The van der Waals surface area contributed by atoms with Crippen LogP contribution in [0.2, 0.25) is 0 Å². The van der Waals surface area contributed by atoms with Crippen molar-refractivity contribution in [3.63, 3.8) is 0 Å². The van der Waals surface area contributed by atoms with Gasteiger partial charge in [-0.3, -0.25) is 10.5 Å². The number of carbonyl (C=O) groups is 2. The van der Waals surface area contributed by atoms with Crippen molar-refractivity contribution in [1.29, 1.82) is 0 Å². The molecule has 3 aliphatic carbocycles. The summed E-state index contributed by atoms with van der Waals surface area (Å²) >= 11 is 0. The van der Waals surface area contributed by atoms with Gasteiger partial charge in [0.2, 0.25) is 0 Å². The fraction of sp³-hybridized carbons (Fsp3) is 0.814. The highest BCUT2D eigenvalue weighted by molar-refractivity contribution is 5.88. The highest BCUT2D eigenvalue weighted by atomic mass is 16.6. The molecule has 5 aliphatic heterocycles. The average molecular weight is 752 g/mol. The number of nitrogens with two attached hydrogens (primary N) is 3. The Balaban J connectivity index is 1.34. The summed E-state index contributed by atoms with van der Waals surface area (Å²) in [7, 11) is 0. The third kappa shape index (κ3) is 6.50. The third-order valence-electron chi connectivity index (χ3n) is 15.7. The van der Waals surface area contributed by atoms with Gasteiger partial charge in [-0.2, -0.15) is 0 Å². The monoisotopic (exact) mass is 752 g/mol. The lowest BCUT2D eigenvalue weighted by Gasteiger charge is -2.61. The van der Waals surface area contributed by atoms with Gasteiger partial charge in [0, 0.05) is 48.0 Å². The topological polar surface area (TPSA) is 183 Å². The van der Waals surface area contributed by atoms with Gasteiger partial charge in [0.25, 0.3) is 0 Å². The molecule has 0 aromatic rings. The van der Waals surface area contributed by atoms with Gasteiger partial charge < -0.3 is 40.8 Å². The van der Waals surface area contributed by atoms with E-state index in [0.717, 1.165) is 70.9 Å². The van der Waals surface area contributed by atoms with Crippen molar-refractivity contribution in [3.8, 4) is 0 Å². The summed E-state index contributed by atoms with van der Waals surface area (Å²) in [5.41, 5.74) is 17.7. The number of fused-ring (bicyclic) bond motifs is 7. The lowest BCUT2D eigenvalue weighted by atomic mass is 9.55. The molecule has 0 radical (unpaired) electrons. The molecule has 11 nitrogen and oxygen atoms in total. The van der Waals surface area contributed by atoms with E-state index >= 15 is 0 Å². The minimum atomic E-state index is -1.02. The van der Waals surface area contributed by atoms with Crippen LogP contribution in [0.1, 0.15) is 98.3 Å². The summed E-state index contributed by atoms with van der Waals surface area (Å²) in [6.45, 7) is 9.62. The zero-order valence-corrected chi connectivity index (χ0v) is 33.0. The molecule has 5 saturated heterocycles. The molecule has 1 saturated carbocycles. The number of esters is 1. The molecule has 17 atom stereocenters. The van der Waals surface area contributed by atoms with Crippen molar-refractivity contribution in [1.82, 2.24) is 5.32 Å². The Bertz CT molecular complexity index is 1550. The van der Waals surface area contributed by atoms with Gasteiger partial charge in [0.15, 0.2) is 0 Å². The molecule has 0 aromatic heterocycles. The van der Waals surface area contributed by atoms with Gasteiger partial charge in [-0.05, 0) is 94.7 Å². The summed E-state index contributed by atoms with van der Waals surface area (Å²) in [5, 5.41) is 28.6. The van der Waals surface area contributed by atoms with Gasteiger partial charge in [-0.25, -0.2) is 4.79 Å². The van der Waals surface area contributed by atoms with Crippen LogP contribution in [0.25, 0.3) is 0 Å². The third-order valence-corrected chi connectivity index (χ3v) is 15.7. The number of hydrogen-bond acceptors (Lipinski definition) is 10. The molecule has 300 valence electrons. The van der Waals surface area contributed by atoms with E-state index in [-0.39, 0.29) is 66.7 Å². The molecule has 11 heteroatoms. The van der Waals surface area contributed by atoms with Crippen molar-refractivity contribution in [2.24, 2.45) is 64.7 Å². The molecule has 54 heavy (non-hydrogen) atoms. The fourth-order valence-electron chi connectivity index (χ4n) is 13.1. The highest BCUT2D eigenvalue weighted by Crippen LogP contribution is 2.61. The molecule has 8 aliphatic rings. The van der Waals surface area contributed by atoms with Gasteiger partial charge >= 0.3 is 5.97 Å². The quantitative estimate of drug-likeness (QED) is 0.129. The maximum Gasteiger partial charge on any atom is 0.333 e. The Morgan fingerprint density at radius 3 is 2.69 bits per heavy atom.